The lowest BCUT2D eigenvalue weighted by Gasteiger charge is -2.22. The molecule has 0 saturated carbocycles. The molecule has 0 atom stereocenters. The maximum absolute atomic E-state index is 4.70. The molecule has 0 aliphatic rings. The maximum Gasteiger partial charge on any atom is 0.229 e. The minimum Gasteiger partial charge on any atom is -0.378 e. The van der Waals surface area contributed by atoms with Gasteiger partial charge in [-0.3, -0.25) is 0 Å². The van der Waals surface area contributed by atoms with E-state index in [4.69, 9.17) is 4.98 Å². The summed E-state index contributed by atoms with van der Waals surface area (Å²) < 4.78 is 0. The number of rotatable bonds is 6. The molecule has 0 bridgehead atoms. The van der Waals surface area contributed by atoms with Crippen LogP contribution < -0.4 is 15.1 Å². The monoisotopic (exact) mass is 347 g/mol. The predicted octanol–water partition coefficient (Wildman–Crippen LogP) is 4.75. The molecule has 5 nitrogen and oxygen atoms in total. The minimum absolute atomic E-state index is 0.589. The van der Waals surface area contributed by atoms with E-state index in [1.165, 1.54) is 5.56 Å². The average molecular weight is 347 g/mol. The van der Waals surface area contributed by atoms with Crippen molar-refractivity contribution in [1.29, 1.82) is 0 Å². The van der Waals surface area contributed by atoms with Crippen LogP contribution in [0, 0.1) is 6.92 Å². The topological polar surface area (TPSA) is 44.3 Å². The van der Waals surface area contributed by atoms with E-state index in [1.54, 1.807) is 6.20 Å². The summed E-state index contributed by atoms with van der Waals surface area (Å²) in [6.07, 6.45) is 1.79. The highest BCUT2D eigenvalue weighted by Gasteiger charge is 2.10. The van der Waals surface area contributed by atoms with E-state index in [-0.39, 0.29) is 0 Å². The summed E-state index contributed by atoms with van der Waals surface area (Å²) in [4.78, 5) is 13.3. The lowest BCUT2D eigenvalue weighted by molar-refractivity contribution is 0.977. The van der Waals surface area contributed by atoms with Crippen LogP contribution in [0.5, 0.6) is 0 Å². The number of aryl methyl sites for hydroxylation is 1. The Bertz CT molecular complexity index is 858. The lowest BCUT2D eigenvalue weighted by Crippen LogP contribution is -2.18. The Morgan fingerprint density at radius 2 is 1.73 bits per heavy atom. The first-order valence-corrected chi connectivity index (χ1v) is 8.78. The van der Waals surface area contributed by atoms with Gasteiger partial charge < -0.3 is 15.1 Å². The first-order valence-electron chi connectivity index (χ1n) is 8.78. The van der Waals surface area contributed by atoms with Crippen LogP contribution in [0.2, 0.25) is 0 Å². The van der Waals surface area contributed by atoms with Gasteiger partial charge in [0.15, 0.2) is 0 Å². The third-order valence-electron chi connectivity index (χ3n) is 4.19. The van der Waals surface area contributed by atoms with Crippen LogP contribution >= 0.6 is 0 Å². The van der Waals surface area contributed by atoms with Gasteiger partial charge in [0.1, 0.15) is 5.82 Å². The van der Waals surface area contributed by atoms with Gasteiger partial charge in [0.05, 0.1) is 0 Å². The molecular formula is C21H25N5. The normalized spacial score (nSPS) is 10.5. The second kappa shape index (κ2) is 7.87. The smallest absolute Gasteiger partial charge is 0.229 e. The molecule has 0 radical (unpaired) electrons. The van der Waals surface area contributed by atoms with Crippen LogP contribution in [0.3, 0.4) is 0 Å². The second-order valence-electron chi connectivity index (χ2n) is 6.39. The van der Waals surface area contributed by atoms with Crippen LogP contribution in [0.1, 0.15) is 12.5 Å². The van der Waals surface area contributed by atoms with E-state index >= 15 is 0 Å². The average Bonchev–Trinajstić information content (AvgIpc) is 2.63. The van der Waals surface area contributed by atoms with Gasteiger partial charge in [-0.15, -0.1) is 0 Å². The Morgan fingerprint density at radius 3 is 2.38 bits per heavy atom. The molecule has 3 rings (SSSR count). The summed E-state index contributed by atoms with van der Waals surface area (Å²) in [5.74, 6) is 1.46. The van der Waals surface area contributed by atoms with Gasteiger partial charge >= 0.3 is 0 Å². The summed E-state index contributed by atoms with van der Waals surface area (Å²) in [6, 6.07) is 18.6. The zero-order valence-electron chi connectivity index (χ0n) is 15.8. The van der Waals surface area contributed by atoms with E-state index in [0.29, 0.717) is 5.95 Å². The molecule has 0 aliphatic carbocycles. The van der Waals surface area contributed by atoms with Crippen LogP contribution in [0.25, 0.3) is 0 Å². The molecule has 1 heterocycles. The van der Waals surface area contributed by atoms with Crippen molar-refractivity contribution in [3.8, 4) is 0 Å². The molecule has 134 valence electrons. The molecule has 1 N–H and O–H groups in total. The number of nitrogens with zero attached hydrogens (tertiary/aromatic N) is 4. The first-order chi connectivity index (χ1) is 12.6. The van der Waals surface area contributed by atoms with Crippen LogP contribution in [-0.4, -0.2) is 30.6 Å². The van der Waals surface area contributed by atoms with Crippen molar-refractivity contribution >= 4 is 28.8 Å². The molecular weight excluding hydrogens is 322 g/mol. The molecule has 0 saturated heterocycles. The van der Waals surface area contributed by atoms with E-state index in [0.717, 1.165) is 29.4 Å². The van der Waals surface area contributed by atoms with Crippen molar-refractivity contribution in [2.45, 2.75) is 13.8 Å². The third-order valence-corrected chi connectivity index (χ3v) is 4.19. The first kappa shape index (κ1) is 17.7. The Kier molecular flexibility index (Phi) is 5.37. The molecule has 26 heavy (non-hydrogen) atoms. The SMILES string of the molecule is CCN(c1cccc(C)c1)c1ccnc(Nc2ccc(N(C)C)cc2)n1. The number of hydrogen-bond acceptors (Lipinski definition) is 5. The summed E-state index contributed by atoms with van der Waals surface area (Å²) in [6.45, 7) is 5.05. The Labute approximate surface area is 155 Å². The molecule has 0 spiro atoms. The van der Waals surface area contributed by atoms with E-state index in [2.05, 4.69) is 70.3 Å². The van der Waals surface area contributed by atoms with Crippen LogP contribution in [-0.2, 0) is 0 Å². The maximum atomic E-state index is 4.70. The molecule has 0 fully saturated rings. The van der Waals surface area contributed by atoms with Crippen molar-refractivity contribution in [2.24, 2.45) is 0 Å². The van der Waals surface area contributed by atoms with E-state index < -0.39 is 0 Å². The van der Waals surface area contributed by atoms with Gasteiger partial charge in [0, 0.05) is 43.9 Å². The zero-order valence-corrected chi connectivity index (χ0v) is 15.8. The number of nitrogens with one attached hydrogen (secondary N) is 1. The van der Waals surface area contributed by atoms with Gasteiger partial charge in [-0.25, -0.2) is 4.98 Å². The molecule has 0 amide bonds. The summed E-state index contributed by atoms with van der Waals surface area (Å²) in [5, 5.41) is 3.28. The highest BCUT2D eigenvalue weighted by atomic mass is 15.2. The largest absolute Gasteiger partial charge is 0.378 e. The van der Waals surface area contributed by atoms with Crippen molar-refractivity contribution in [3.05, 3.63) is 66.4 Å². The van der Waals surface area contributed by atoms with Crippen LogP contribution in [0.15, 0.2) is 60.8 Å². The molecule has 0 aliphatic heterocycles. The molecule has 2 aromatic carbocycles. The summed E-state index contributed by atoms with van der Waals surface area (Å²) in [5.41, 5.74) is 4.48. The van der Waals surface area contributed by atoms with Gasteiger partial charge in [0.2, 0.25) is 5.95 Å². The highest BCUT2D eigenvalue weighted by molar-refractivity contribution is 5.63. The fourth-order valence-corrected chi connectivity index (χ4v) is 2.80. The fourth-order valence-electron chi connectivity index (χ4n) is 2.80. The van der Waals surface area contributed by atoms with Crippen molar-refractivity contribution in [3.63, 3.8) is 0 Å². The Balaban J connectivity index is 1.83. The van der Waals surface area contributed by atoms with Crippen molar-refractivity contribution < 1.29 is 0 Å². The molecule has 5 heteroatoms. The van der Waals surface area contributed by atoms with E-state index in [1.807, 2.05) is 32.3 Å². The summed E-state index contributed by atoms with van der Waals surface area (Å²) in [7, 11) is 4.05. The molecule has 1 aromatic heterocycles. The molecule has 0 unspecified atom stereocenters. The zero-order chi connectivity index (χ0) is 18.5. The van der Waals surface area contributed by atoms with Gasteiger partial charge in [-0.2, -0.15) is 4.98 Å². The standard InChI is InChI=1S/C21H25N5/c1-5-26(19-8-6-7-16(2)15-19)20-13-14-22-21(24-20)23-17-9-11-18(12-10-17)25(3)4/h6-15H,5H2,1-4H3,(H,22,23,24). The highest BCUT2D eigenvalue weighted by Crippen LogP contribution is 2.25. The third kappa shape index (κ3) is 4.11. The Morgan fingerprint density at radius 1 is 0.962 bits per heavy atom. The quantitative estimate of drug-likeness (QED) is 0.697. The second-order valence-corrected chi connectivity index (χ2v) is 6.39. The fraction of sp³-hybridized carbons (Fsp3) is 0.238. The van der Waals surface area contributed by atoms with Crippen molar-refractivity contribution in [1.82, 2.24) is 9.97 Å². The van der Waals surface area contributed by atoms with Gasteiger partial charge in [0.25, 0.3) is 0 Å². The lowest BCUT2D eigenvalue weighted by atomic mass is 10.2. The summed E-state index contributed by atoms with van der Waals surface area (Å²) >= 11 is 0. The number of aromatic nitrogens is 2. The Hall–Kier alpha value is -3.08. The van der Waals surface area contributed by atoms with Gasteiger partial charge in [-0.1, -0.05) is 12.1 Å². The van der Waals surface area contributed by atoms with Crippen molar-refractivity contribution in [2.75, 3.05) is 35.8 Å². The van der Waals surface area contributed by atoms with Crippen LogP contribution in [0.4, 0.5) is 28.8 Å². The minimum atomic E-state index is 0.589. The van der Waals surface area contributed by atoms with E-state index in [9.17, 15) is 0 Å². The predicted molar refractivity (Wildman–Crippen MR) is 110 cm³/mol. The number of hydrogen-bond donors (Lipinski definition) is 1. The van der Waals surface area contributed by atoms with Gasteiger partial charge in [-0.05, 0) is 61.9 Å². The number of benzene rings is 2. The number of anilines is 5. The molecule has 3 aromatic rings.